The van der Waals surface area contributed by atoms with E-state index in [0.717, 1.165) is 11.8 Å². The maximum Gasteiger partial charge on any atom is 0.413 e. The van der Waals surface area contributed by atoms with Gasteiger partial charge in [0.2, 0.25) is 11.7 Å². The molecular formula is C15H15N5O4S. The van der Waals surface area contributed by atoms with Crippen LogP contribution in [0.15, 0.2) is 34.2 Å². The van der Waals surface area contributed by atoms with E-state index in [1.165, 1.54) is 4.57 Å². The maximum absolute atomic E-state index is 12.4. The van der Waals surface area contributed by atoms with E-state index in [2.05, 4.69) is 20.3 Å². The molecule has 0 radical (unpaired) electrons. The van der Waals surface area contributed by atoms with Crippen LogP contribution in [-0.4, -0.2) is 43.5 Å². The molecule has 0 saturated heterocycles. The summed E-state index contributed by atoms with van der Waals surface area (Å²) in [5.41, 5.74) is 0.478. The van der Waals surface area contributed by atoms with Crippen LogP contribution in [0.25, 0.3) is 16.7 Å². The number of para-hydroxylation sites is 1. The van der Waals surface area contributed by atoms with E-state index < -0.39 is 12.0 Å². The molecule has 0 spiro atoms. The summed E-state index contributed by atoms with van der Waals surface area (Å²) in [6.07, 6.45) is -0.785. The van der Waals surface area contributed by atoms with E-state index in [4.69, 9.17) is 0 Å². The number of ether oxygens (including phenoxy) is 1. The van der Waals surface area contributed by atoms with Crippen LogP contribution in [0.1, 0.15) is 6.92 Å². The van der Waals surface area contributed by atoms with Gasteiger partial charge in [-0.3, -0.25) is 23.9 Å². The van der Waals surface area contributed by atoms with Crippen molar-refractivity contribution < 1.29 is 14.3 Å². The molecule has 0 aliphatic heterocycles. The second kappa shape index (κ2) is 6.93. The zero-order valence-corrected chi connectivity index (χ0v) is 14.4. The molecule has 0 unspecified atom stereocenters. The highest BCUT2D eigenvalue weighted by molar-refractivity contribution is 7.99. The number of carbonyl (C=O) groups excluding carboxylic acids is 2. The molecule has 3 rings (SSSR count). The minimum absolute atomic E-state index is 0.0449. The third-order valence-electron chi connectivity index (χ3n) is 3.45. The molecule has 0 bridgehead atoms. The Bertz CT molecular complexity index is 1030. The summed E-state index contributed by atoms with van der Waals surface area (Å²) in [6.45, 7) is 1.83. The smallest absolute Gasteiger partial charge is 0.413 e. The van der Waals surface area contributed by atoms with Crippen LogP contribution in [-0.2, 0) is 16.6 Å². The lowest BCUT2D eigenvalue weighted by atomic mass is 10.2. The number of thioether (sulfide) groups is 1. The SMILES string of the molecule is CCOC(=O)NC(=O)CSc1nnc2n(C)c(=O)c3ccccc3n12. The molecule has 130 valence electrons. The Morgan fingerprint density at radius 3 is 2.80 bits per heavy atom. The Morgan fingerprint density at radius 1 is 1.28 bits per heavy atom. The molecule has 1 N–H and O–H groups in total. The van der Waals surface area contributed by atoms with Crippen LogP contribution in [0.3, 0.4) is 0 Å². The van der Waals surface area contributed by atoms with Gasteiger partial charge in [-0.2, -0.15) is 0 Å². The molecule has 2 amide bonds. The second-order valence-corrected chi connectivity index (χ2v) is 6.00. The van der Waals surface area contributed by atoms with Crippen molar-refractivity contribution in [3.05, 3.63) is 34.6 Å². The van der Waals surface area contributed by atoms with Gasteiger partial charge in [-0.05, 0) is 19.1 Å². The van der Waals surface area contributed by atoms with E-state index in [0.29, 0.717) is 21.8 Å². The maximum atomic E-state index is 12.4. The average molecular weight is 361 g/mol. The third-order valence-corrected chi connectivity index (χ3v) is 4.37. The number of carbonyl (C=O) groups is 2. The van der Waals surface area contributed by atoms with Crippen molar-refractivity contribution in [3.63, 3.8) is 0 Å². The molecule has 9 nitrogen and oxygen atoms in total. The first-order chi connectivity index (χ1) is 12.0. The van der Waals surface area contributed by atoms with Crippen molar-refractivity contribution in [1.29, 1.82) is 0 Å². The predicted octanol–water partition coefficient (Wildman–Crippen LogP) is 0.946. The van der Waals surface area contributed by atoms with Gasteiger partial charge in [-0.1, -0.05) is 23.9 Å². The van der Waals surface area contributed by atoms with Crippen molar-refractivity contribution in [2.75, 3.05) is 12.4 Å². The standard InChI is InChI=1S/C15H15N5O4S/c1-3-24-15(23)16-11(21)8-25-14-18-17-13-19(2)12(22)9-6-4-5-7-10(9)20(13)14/h4-7H,3,8H2,1-2H3,(H,16,21,23). The fraction of sp³-hybridized carbons (Fsp3) is 0.267. The van der Waals surface area contributed by atoms with Gasteiger partial charge in [-0.15, -0.1) is 10.2 Å². The number of amides is 2. The highest BCUT2D eigenvalue weighted by Gasteiger charge is 2.16. The quantitative estimate of drug-likeness (QED) is 0.689. The molecule has 0 fully saturated rings. The minimum atomic E-state index is -0.785. The first-order valence-electron chi connectivity index (χ1n) is 7.45. The monoisotopic (exact) mass is 361 g/mol. The summed E-state index contributed by atoms with van der Waals surface area (Å²) in [6, 6.07) is 7.09. The van der Waals surface area contributed by atoms with E-state index in [9.17, 15) is 14.4 Å². The van der Waals surface area contributed by atoms with Crippen molar-refractivity contribution in [1.82, 2.24) is 24.5 Å². The van der Waals surface area contributed by atoms with Crippen molar-refractivity contribution >= 4 is 40.4 Å². The van der Waals surface area contributed by atoms with Crippen molar-refractivity contribution in [3.8, 4) is 0 Å². The summed E-state index contributed by atoms with van der Waals surface area (Å²) < 4.78 is 7.76. The van der Waals surface area contributed by atoms with Gasteiger partial charge in [-0.25, -0.2) is 4.79 Å². The van der Waals surface area contributed by atoms with Gasteiger partial charge < -0.3 is 4.74 Å². The number of nitrogens with one attached hydrogen (secondary N) is 1. The van der Waals surface area contributed by atoms with E-state index in [1.807, 2.05) is 6.07 Å². The summed E-state index contributed by atoms with van der Waals surface area (Å²) in [5.74, 6) is -0.178. The molecule has 0 atom stereocenters. The summed E-state index contributed by atoms with van der Waals surface area (Å²) in [7, 11) is 1.61. The molecule has 0 aliphatic carbocycles. The molecule has 3 aromatic rings. The van der Waals surface area contributed by atoms with Gasteiger partial charge in [0.05, 0.1) is 23.3 Å². The Balaban J connectivity index is 1.92. The first-order valence-corrected chi connectivity index (χ1v) is 8.43. The molecule has 0 saturated carbocycles. The summed E-state index contributed by atoms with van der Waals surface area (Å²) in [5, 5.41) is 11.2. The lowest BCUT2D eigenvalue weighted by Crippen LogP contribution is -2.32. The number of rotatable bonds is 4. The van der Waals surface area contributed by atoms with Crippen molar-refractivity contribution in [2.45, 2.75) is 12.1 Å². The minimum Gasteiger partial charge on any atom is -0.450 e. The number of hydrogen-bond donors (Lipinski definition) is 1. The third kappa shape index (κ3) is 3.20. The van der Waals surface area contributed by atoms with Crippen LogP contribution in [0, 0.1) is 0 Å². The van der Waals surface area contributed by atoms with Crippen LogP contribution in [0.5, 0.6) is 0 Å². The molecule has 10 heteroatoms. The fourth-order valence-electron chi connectivity index (χ4n) is 2.35. The van der Waals surface area contributed by atoms with E-state index in [1.54, 1.807) is 36.6 Å². The summed E-state index contributed by atoms with van der Waals surface area (Å²) in [4.78, 5) is 35.4. The molecule has 1 aromatic carbocycles. The van der Waals surface area contributed by atoms with Crippen LogP contribution in [0.4, 0.5) is 4.79 Å². The zero-order valence-electron chi connectivity index (χ0n) is 13.6. The van der Waals surface area contributed by atoms with Crippen LogP contribution >= 0.6 is 11.8 Å². The van der Waals surface area contributed by atoms with Gasteiger partial charge in [0.25, 0.3) is 5.56 Å². The molecule has 2 aromatic heterocycles. The Labute approximate surface area is 146 Å². The largest absolute Gasteiger partial charge is 0.450 e. The van der Waals surface area contributed by atoms with Gasteiger partial charge in [0, 0.05) is 7.05 Å². The van der Waals surface area contributed by atoms with E-state index >= 15 is 0 Å². The lowest BCUT2D eigenvalue weighted by Gasteiger charge is -2.07. The highest BCUT2D eigenvalue weighted by atomic mass is 32.2. The Kier molecular flexibility index (Phi) is 4.70. The number of hydrogen-bond acceptors (Lipinski definition) is 7. The Morgan fingerprint density at radius 2 is 2.04 bits per heavy atom. The number of aromatic nitrogens is 4. The van der Waals surface area contributed by atoms with Gasteiger partial charge in [0.15, 0.2) is 5.16 Å². The number of aryl methyl sites for hydroxylation is 1. The Hall–Kier alpha value is -2.88. The normalized spacial score (nSPS) is 11.0. The number of nitrogens with zero attached hydrogens (tertiary/aromatic N) is 4. The number of fused-ring (bicyclic) bond motifs is 3. The summed E-state index contributed by atoms with van der Waals surface area (Å²) >= 11 is 1.11. The van der Waals surface area contributed by atoms with Crippen molar-refractivity contribution in [2.24, 2.45) is 7.05 Å². The molecular weight excluding hydrogens is 346 g/mol. The molecule has 0 aliphatic rings. The molecule has 2 heterocycles. The molecule has 25 heavy (non-hydrogen) atoms. The number of benzene rings is 1. The number of imide groups is 1. The highest BCUT2D eigenvalue weighted by Crippen LogP contribution is 2.20. The van der Waals surface area contributed by atoms with Gasteiger partial charge >= 0.3 is 6.09 Å². The second-order valence-electron chi connectivity index (χ2n) is 5.06. The average Bonchev–Trinajstić information content (AvgIpc) is 3.02. The fourth-order valence-corrected chi connectivity index (χ4v) is 3.09. The van der Waals surface area contributed by atoms with E-state index in [-0.39, 0.29) is 17.9 Å². The van der Waals surface area contributed by atoms with Crippen LogP contribution < -0.4 is 10.9 Å². The predicted molar refractivity (Wildman–Crippen MR) is 91.6 cm³/mol. The zero-order chi connectivity index (χ0) is 18.0. The topological polar surface area (TPSA) is 108 Å². The number of alkyl carbamates (subject to hydrolysis) is 1. The first kappa shape index (κ1) is 17.0. The van der Waals surface area contributed by atoms with Gasteiger partial charge in [0.1, 0.15) is 0 Å². The lowest BCUT2D eigenvalue weighted by molar-refractivity contribution is -0.117. The van der Waals surface area contributed by atoms with Crippen LogP contribution in [0.2, 0.25) is 0 Å².